The van der Waals surface area contributed by atoms with Gasteiger partial charge in [-0.2, -0.15) is 0 Å². The Morgan fingerprint density at radius 1 is 1.44 bits per heavy atom. The van der Waals surface area contributed by atoms with Gasteiger partial charge in [0, 0.05) is 6.07 Å². The van der Waals surface area contributed by atoms with Crippen molar-refractivity contribution in [3.8, 4) is 0 Å². The summed E-state index contributed by atoms with van der Waals surface area (Å²) in [7, 11) is 0. The molecule has 0 saturated carbocycles. The molecule has 1 aliphatic heterocycles. The summed E-state index contributed by atoms with van der Waals surface area (Å²) >= 11 is 0. The Bertz CT molecular complexity index is 480. The van der Waals surface area contributed by atoms with Crippen LogP contribution in [0.2, 0.25) is 0 Å². The van der Waals surface area contributed by atoms with Crippen molar-refractivity contribution in [2.45, 2.75) is 20.4 Å². The largest absolute Gasteiger partial charge is 0.364 e. The van der Waals surface area contributed by atoms with Crippen LogP contribution in [0.5, 0.6) is 0 Å². The van der Waals surface area contributed by atoms with Crippen molar-refractivity contribution in [2.24, 2.45) is 11.8 Å². The fourth-order valence-corrected chi connectivity index (χ4v) is 1.85. The molecule has 0 bridgehead atoms. The second kappa shape index (κ2) is 4.59. The molecule has 1 aliphatic rings. The molecule has 1 fully saturated rings. The average Bonchev–Trinajstić information content (AvgIpc) is 2.75. The minimum atomic E-state index is -0.838. The van der Waals surface area contributed by atoms with Crippen LogP contribution in [-0.2, 0) is 16.1 Å². The highest BCUT2D eigenvalue weighted by Gasteiger charge is 2.42. The summed E-state index contributed by atoms with van der Waals surface area (Å²) in [6, 6.07) is 0.839. The summed E-state index contributed by atoms with van der Waals surface area (Å²) in [5.41, 5.74) is 0.454. The number of hydrogen-bond donors (Lipinski definition) is 1. The van der Waals surface area contributed by atoms with Gasteiger partial charge < -0.3 is 4.52 Å². The molecule has 1 aromatic heterocycles. The summed E-state index contributed by atoms with van der Waals surface area (Å²) in [6.07, 6.45) is 1.35. The van der Waals surface area contributed by atoms with Gasteiger partial charge in [0.05, 0.1) is 6.54 Å². The third-order valence-corrected chi connectivity index (χ3v) is 2.77. The first-order chi connectivity index (χ1) is 8.50. The topological polar surface area (TPSA) is 92.5 Å². The van der Waals surface area contributed by atoms with E-state index >= 15 is 0 Å². The second-order valence-electron chi connectivity index (χ2n) is 4.43. The van der Waals surface area contributed by atoms with Gasteiger partial charge in [-0.3, -0.25) is 19.8 Å². The van der Waals surface area contributed by atoms with Gasteiger partial charge in [-0.1, -0.05) is 19.0 Å². The minimum Gasteiger partial charge on any atom is -0.364 e. The van der Waals surface area contributed by atoms with Crippen molar-refractivity contribution >= 4 is 17.8 Å². The molecule has 2 heterocycles. The molecule has 96 valence electrons. The number of barbiturate groups is 1. The molecule has 7 nitrogen and oxygen atoms in total. The van der Waals surface area contributed by atoms with Gasteiger partial charge in [-0.15, -0.1) is 0 Å². The normalized spacial score (nSPS) is 20.5. The molecule has 1 atom stereocenters. The number of nitrogens with zero attached hydrogens (tertiary/aromatic N) is 2. The molecular formula is C11H13N3O4. The second-order valence-corrected chi connectivity index (χ2v) is 4.43. The van der Waals surface area contributed by atoms with Crippen molar-refractivity contribution < 1.29 is 18.9 Å². The van der Waals surface area contributed by atoms with E-state index in [4.69, 9.17) is 0 Å². The average molecular weight is 251 g/mol. The van der Waals surface area contributed by atoms with Crippen LogP contribution in [0.3, 0.4) is 0 Å². The molecule has 0 aromatic carbocycles. The Morgan fingerprint density at radius 2 is 2.17 bits per heavy atom. The van der Waals surface area contributed by atoms with Gasteiger partial charge in [-0.05, 0) is 5.92 Å². The minimum absolute atomic E-state index is 0.00231. The predicted octanol–water partition coefficient (Wildman–Crippen LogP) is 0.525. The molecule has 0 radical (unpaired) electrons. The number of carbonyl (C=O) groups excluding carboxylic acids is 3. The van der Waals surface area contributed by atoms with Gasteiger partial charge in [0.15, 0.2) is 0 Å². The van der Waals surface area contributed by atoms with Crippen LogP contribution >= 0.6 is 0 Å². The molecular weight excluding hydrogens is 238 g/mol. The zero-order valence-electron chi connectivity index (χ0n) is 10.0. The molecule has 0 spiro atoms. The van der Waals surface area contributed by atoms with Crippen LogP contribution in [0.25, 0.3) is 0 Å². The summed E-state index contributed by atoms with van der Waals surface area (Å²) in [5.74, 6) is -2.06. The van der Waals surface area contributed by atoms with Crippen LogP contribution < -0.4 is 5.32 Å². The lowest BCUT2D eigenvalue weighted by Gasteiger charge is -2.31. The third-order valence-electron chi connectivity index (χ3n) is 2.77. The number of hydrogen-bond acceptors (Lipinski definition) is 5. The summed E-state index contributed by atoms with van der Waals surface area (Å²) in [5, 5.41) is 5.81. The highest BCUT2D eigenvalue weighted by molar-refractivity contribution is 6.16. The van der Waals surface area contributed by atoms with E-state index in [1.807, 2.05) is 0 Å². The van der Waals surface area contributed by atoms with Gasteiger partial charge in [0.25, 0.3) is 0 Å². The maximum absolute atomic E-state index is 12.1. The molecule has 2 rings (SSSR count). The van der Waals surface area contributed by atoms with Crippen molar-refractivity contribution in [1.82, 2.24) is 15.4 Å². The van der Waals surface area contributed by atoms with E-state index in [0.717, 1.165) is 4.90 Å². The molecule has 18 heavy (non-hydrogen) atoms. The number of carbonyl (C=O) groups is 3. The Balaban J connectivity index is 2.21. The maximum Gasteiger partial charge on any atom is 0.331 e. The van der Waals surface area contributed by atoms with Crippen molar-refractivity contribution in [1.29, 1.82) is 0 Å². The van der Waals surface area contributed by atoms with E-state index in [0.29, 0.717) is 5.69 Å². The monoisotopic (exact) mass is 251 g/mol. The SMILES string of the molecule is CC(C)C1C(=O)NC(=O)N(Cc2ccon2)C1=O. The lowest BCUT2D eigenvalue weighted by molar-refractivity contribution is -0.144. The van der Waals surface area contributed by atoms with Crippen LogP contribution in [0.4, 0.5) is 4.79 Å². The van der Waals surface area contributed by atoms with Gasteiger partial charge in [-0.25, -0.2) is 4.79 Å². The van der Waals surface area contributed by atoms with E-state index in [2.05, 4.69) is 15.0 Å². The van der Waals surface area contributed by atoms with E-state index in [1.54, 1.807) is 19.9 Å². The Labute approximate surface area is 103 Å². The zero-order valence-corrected chi connectivity index (χ0v) is 10.0. The number of rotatable bonds is 3. The Hall–Kier alpha value is -2.18. The number of urea groups is 1. The first kappa shape index (κ1) is 12.3. The first-order valence-corrected chi connectivity index (χ1v) is 5.56. The zero-order chi connectivity index (χ0) is 13.3. The van der Waals surface area contributed by atoms with Crippen LogP contribution in [0, 0.1) is 11.8 Å². The maximum atomic E-state index is 12.1. The molecule has 7 heteroatoms. The molecule has 1 N–H and O–H groups in total. The molecule has 4 amide bonds. The summed E-state index contributed by atoms with van der Waals surface area (Å²) in [6.45, 7) is 3.51. The Morgan fingerprint density at radius 3 is 2.72 bits per heavy atom. The van der Waals surface area contributed by atoms with Crippen LogP contribution in [-0.4, -0.2) is 27.9 Å². The van der Waals surface area contributed by atoms with Crippen molar-refractivity contribution in [3.63, 3.8) is 0 Å². The van der Waals surface area contributed by atoms with E-state index in [1.165, 1.54) is 6.26 Å². The van der Waals surface area contributed by atoms with Gasteiger partial charge in [0.2, 0.25) is 11.8 Å². The van der Waals surface area contributed by atoms with E-state index < -0.39 is 23.8 Å². The van der Waals surface area contributed by atoms with Crippen molar-refractivity contribution in [3.05, 3.63) is 18.0 Å². The standard InChI is InChI=1S/C11H13N3O4/c1-6(2)8-9(15)12-11(17)14(10(8)16)5-7-3-4-18-13-7/h3-4,6,8H,5H2,1-2H3,(H,12,15,17). The fraction of sp³-hybridized carbons (Fsp3) is 0.455. The van der Waals surface area contributed by atoms with Crippen LogP contribution in [0.15, 0.2) is 16.9 Å². The molecule has 1 saturated heterocycles. The lowest BCUT2D eigenvalue weighted by atomic mass is 9.92. The van der Waals surface area contributed by atoms with E-state index in [-0.39, 0.29) is 12.5 Å². The number of nitrogens with one attached hydrogen (secondary N) is 1. The quantitative estimate of drug-likeness (QED) is 0.791. The molecule has 1 aromatic rings. The summed E-state index contributed by atoms with van der Waals surface area (Å²) in [4.78, 5) is 36.3. The lowest BCUT2D eigenvalue weighted by Crippen LogP contribution is -2.58. The van der Waals surface area contributed by atoms with Crippen LogP contribution in [0.1, 0.15) is 19.5 Å². The number of amides is 4. The Kier molecular flexibility index (Phi) is 3.14. The summed E-state index contributed by atoms with van der Waals surface area (Å²) < 4.78 is 4.64. The number of imide groups is 2. The van der Waals surface area contributed by atoms with Crippen molar-refractivity contribution in [2.75, 3.05) is 0 Å². The highest BCUT2D eigenvalue weighted by atomic mass is 16.5. The number of aromatic nitrogens is 1. The third kappa shape index (κ3) is 2.11. The first-order valence-electron chi connectivity index (χ1n) is 5.56. The van der Waals surface area contributed by atoms with Gasteiger partial charge >= 0.3 is 6.03 Å². The molecule has 1 unspecified atom stereocenters. The van der Waals surface area contributed by atoms with E-state index in [9.17, 15) is 14.4 Å². The highest BCUT2D eigenvalue weighted by Crippen LogP contribution is 2.20. The fourth-order valence-electron chi connectivity index (χ4n) is 1.85. The smallest absolute Gasteiger partial charge is 0.331 e. The van der Waals surface area contributed by atoms with Gasteiger partial charge in [0.1, 0.15) is 17.9 Å². The predicted molar refractivity (Wildman–Crippen MR) is 58.9 cm³/mol. The molecule has 0 aliphatic carbocycles.